The van der Waals surface area contributed by atoms with E-state index in [0.29, 0.717) is 12.0 Å². The summed E-state index contributed by atoms with van der Waals surface area (Å²) in [6, 6.07) is 6.11. The van der Waals surface area contributed by atoms with Crippen molar-refractivity contribution in [2.75, 3.05) is 6.61 Å². The summed E-state index contributed by atoms with van der Waals surface area (Å²) in [5.74, 6) is -1.60. The largest absolute Gasteiger partial charge is 0.463 e. The zero-order valence-electron chi connectivity index (χ0n) is 14.2. The average Bonchev–Trinajstić information content (AvgIpc) is 2.60. The first-order chi connectivity index (χ1) is 12.2. The molecule has 1 aliphatic rings. The van der Waals surface area contributed by atoms with Gasteiger partial charge in [0.25, 0.3) is 0 Å². The number of rotatable bonds is 4. The van der Waals surface area contributed by atoms with E-state index in [1.807, 2.05) is 6.07 Å². The zero-order valence-corrected chi connectivity index (χ0v) is 14.2. The topological polar surface area (TPSA) is 85.3 Å². The number of esters is 1. The molecule has 0 bridgehead atoms. The third-order valence-electron chi connectivity index (χ3n) is 3.88. The van der Waals surface area contributed by atoms with Crippen LogP contribution in [0, 0.1) is 11.3 Å². The highest BCUT2D eigenvalue weighted by Gasteiger charge is 2.37. The summed E-state index contributed by atoms with van der Waals surface area (Å²) in [6.07, 6.45) is -4.19. The summed E-state index contributed by atoms with van der Waals surface area (Å²) in [5.41, 5.74) is 5.29. The summed E-state index contributed by atoms with van der Waals surface area (Å²) in [7, 11) is 0. The minimum atomic E-state index is -4.49. The van der Waals surface area contributed by atoms with Crippen molar-refractivity contribution in [3.63, 3.8) is 0 Å². The number of hydrogen-bond donors (Lipinski definition) is 1. The second-order valence-corrected chi connectivity index (χ2v) is 5.46. The number of allylic oxidation sites excluding steroid dienone is 2. The molecule has 26 heavy (non-hydrogen) atoms. The summed E-state index contributed by atoms with van der Waals surface area (Å²) >= 11 is 0. The lowest BCUT2D eigenvalue weighted by Crippen LogP contribution is -2.26. The maximum atomic E-state index is 12.8. The van der Waals surface area contributed by atoms with Crippen molar-refractivity contribution in [2.24, 2.45) is 5.73 Å². The molecule has 138 valence electrons. The van der Waals surface area contributed by atoms with Gasteiger partial charge in [0.1, 0.15) is 17.4 Å². The molecule has 0 saturated heterocycles. The Morgan fingerprint density at radius 3 is 2.38 bits per heavy atom. The van der Waals surface area contributed by atoms with Gasteiger partial charge >= 0.3 is 12.1 Å². The van der Waals surface area contributed by atoms with E-state index in [4.69, 9.17) is 15.2 Å². The standard InChI is InChI=1S/C18H17F3N2O3/c1-3-13-15(17(24)25-4-2)14(12(9-22)16(23)26-13)10-5-7-11(8-6-10)18(19,20)21/h5-8,14H,3-4,23H2,1-2H3/t14-/m1/s1. The maximum absolute atomic E-state index is 12.8. The Balaban J connectivity index is 2.61. The first kappa shape index (κ1) is 19.4. The Hall–Kier alpha value is -2.95. The van der Waals surface area contributed by atoms with E-state index in [1.165, 1.54) is 12.1 Å². The molecule has 1 atom stereocenters. The summed E-state index contributed by atoms with van der Waals surface area (Å²) in [4.78, 5) is 12.4. The molecule has 0 fully saturated rings. The number of nitrogens with two attached hydrogens (primary N) is 1. The van der Waals surface area contributed by atoms with Gasteiger partial charge in [0.15, 0.2) is 0 Å². The van der Waals surface area contributed by atoms with Crippen LogP contribution in [-0.2, 0) is 20.4 Å². The van der Waals surface area contributed by atoms with Gasteiger partial charge < -0.3 is 15.2 Å². The monoisotopic (exact) mass is 366 g/mol. The minimum Gasteiger partial charge on any atom is -0.463 e. The SMILES string of the molecule is CCOC(=O)C1=C(CC)OC(N)=C(C#N)[C@H]1c1ccc(C(F)(F)F)cc1. The summed E-state index contributed by atoms with van der Waals surface area (Å²) in [5, 5.41) is 9.44. The van der Waals surface area contributed by atoms with E-state index in [-0.39, 0.29) is 29.4 Å². The number of halogens is 3. The second kappa shape index (κ2) is 7.52. The number of ether oxygens (including phenoxy) is 2. The number of alkyl halides is 3. The molecule has 1 aromatic carbocycles. The molecule has 0 aliphatic carbocycles. The third kappa shape index (κ3) is 3.67. The van der Waals surface area contributed by atoms with Gasteiger partial charge in [0, 0.05) is 6.42 Å². The number of benzene rings is 1. The molecular weight excluding hydrogens is 349 g/mol. The molecule has 8 heteroatoms. The van der Waals surface area contributed by atoms with Gasteiger partial charge in [-0.3, -0.25) is 0 Å². The Morgan fingerprint density at radius 2 is 1.92 bits per heavy atom. The smallest absolute Gasteiger partial charge is 0.416 e. The van der Waals surface area contributed by atoms with Gasteiger partial charge in [-0.25, -0.2) is 4.79 Å². The predicted octanol–water partition coefficient (Wildman–Crippen LogP) is 3.74. The zero-order chi connectivity index (χ0) is 19.5. The van der Waals surface area contributed by atoms with Crippen molar-refractivity contribution in [1.29, 1.82) is 5.26 Å². The van der Waals surface area contributed by atoms with Gasteiger partial charge in [0.05, 0.1) is 23.7 Å². The number of carbonyl (C=O) groups is 1. The van der Waals surface area contributed by atoms with Gasteiger partial charge in [0.2, 0.25) is 5.88 Å². The highest BCUT2D eigenvalue weighted by atomic mass is 19.4. The number of nitriles is 1. The normalized spacial score (nSPS) is 17.6. The van der Waals surface area contributed by atoms with Crippen molar-refractivity contribution in [1.82, 2.24) is 0 Å². The van der Waals surface area contributed by atoms with E-state index in [0.717, 1.165) is 12.1 Å². The predicted molar refractivity (Wildman–Crippen MR) is 86.0 cm³/mol. The molecule has 1 aromatic rings. The van der Waals surface area contributed by atoms with Crippen molar-refractivity contribution in [3.8, 4) is 6.07 Å². The fourth-order valence-electron chi connectivity index (χ4n) is 2.71. The van der Waals surface area contributed by atoms with Crippen LogP contribution in [-0.4, -0.2) is 12.6 Å². The summed E-state index contributed by atoms with van der Waals surface area (Å²) < 4.78 is 48.8. The fraction of sp³-hybridized carbons (Fsp3) is 0.333. The number of hydrogen-bond acceptors (Lipinski definition) is 5. The van der Waals surface area contributed by atoms with Crippen LogP contribution in [0.25, 0.3) is 0 Å². The molecule has 0 aromatic heterocycles. The lowest BCUT2D eigenvalue weighted by molar-refractivity contribution is -0.139. The van der Waals surface area contributed by atoms with Crippen LogP contribution in [0.4, 0.5) is 13.2 Å². The maximum Gasteiger partial charge on any atom is 0.416 e. The minimum absolute atomic E-state index is 0.0509. The van der Waals surface area contributed by atoms with Crippen LogP contribution in [0.5, 0.6) is 0 Å². The Labute approximate surface area is 148 Å². The van der Waals surface area contributed by atoms with Crippen LogP contribution in [0.2, 0.25) is 0 Å². The second-order valence-electron chi connectivity index (χ2n) is 5.46. The van der Waals surface area contributed by atoms with Crippen molar-refractivity contribution in [2.45, 2.75) is 32.4 Å². The molecule has 0 spiro atoms. The molecule has 5 nitrogen and oxygen atoms in total. The van der Waals surface area contributed by atoms with Crippen LogP contribution >= 0.6 is 0 Å². The molecular formula is C18H17F3N2O3. The first-order valence-electron chi connectivity index (χ1n) is 7.89. The Morgan fingerprint density at radius 1 is 1.31 bits per heavy atom. The summed E-state index contributed by atoms with van der Waals surface area (Å²) in [6.45, 7) is 3.44. The van der Waals surface area contributed by atoms with E-state index in [2.05, 4.69) is 0 Å². The molecule has 1 heterocycles. The lowest BCUT2D eigenvalue weighted by Gasteiger charge is -2.28. The Kier molecular flexibility index (Phi) is 5.60. The van der Waals surface area contributed by atoms with Crippen LogP contribution in [0.3, 0.4) is 0 Å². The molecule has 0 radical (unpaired) electrons. The first-order valence-corrected chi connectivity index (χ1v) is 7.89. The molecule has 0 saturated carbocycles. The van der Waals surface area contributed by atoms with Crippen molar-refractivity contribution in [3.05, 3.63) is 58.2 Å². The Bertz CT molecular complexity index is 802. The van der Waals surface area contributed by atoms with Gasteiger partial charge in [-0.05, 0) is 24.6 Å². The highest BCUT2D eigenvalue weighted by Crippen LogP contribution is 2.41. The van der Waals surface area contributed by atoms with Crippen LogP contribution < -0.4 is 5.73 Å². The average molecular weight is 366 g/mol. The van der Waals surface area contributed by atoms with Crippen LogP contribution in [0.1, 0.15) is 37.3 Å². The molecule has 0 amide bonds. The van der Waals surface area contributed by atoms with Gasteiger partial charge in [-0.15, -0.1) is 0 Å². The van der Waals surface area contributed by atoms with Crippen molar-refractivity contribution >= 4 is 5.97 Å². The number of nitrogens with zero attached hydrogens (tertiary/aromatic N) is 1. The number of carbonyl (C=O) groups excluding carboxylic acids is 1. The van der Waals surface area contributed by atoms with E-state index < -0.39 is 23.6 Å². The van der Waals surface area contributed by atoms with E-state index in [1.54, 1.807) is 13.8 Å². The molecule has 0 unspecified atom stereocenters. The van der Waals surface area contributed by atoms with Gasteiger partial charge in [-0.2, -0.15) is 18.4 Å². The van der Waals surface area contributed by atoms with Gasteiger partial charge in [-0.1, -0.05) is 19.1 Å². The lowest BCUT2D eigenvalue weighted by atomic mass is 9.82. The molecule has 2 rings (SSSR count). The quantitative estimate of drug-likeness (QED) is 0.821. The third-order valence-corrected chi connectivity index (χ3v) is 3.88. The molecule has 1 aliphatic heterocycles. The van der Waals surface area contributed by atoms with Crippen molar-refractivity contribution < 1.29 is 27.4 Å². The van der Waals surface area contributed by atoms with E-state index in [9.17, 15) is 23.2 Å². The van der Waals surface area contributed by atoms with E-state index >= 15 is 0 Å². The van der Waals surface area contributed by atoms with Crippen LogP contribution in [0.15, 0.2) is 47.1 Å². The highest BCUT2D eigenvalue weighted by molar-refractivity contribution is 5.92. The fourth-order valence-corrected chi connectivity index (χ4v) is 2.71. The molecule has 2 N–H and O–H groups in total.